The number of anilines is 2. The zero-order chi connectivity index (χ0) is 16.4. The second kappa shape index (κ2) is 6.67. The molecule has 2 amide bonds. The molecule has 0 spiro atoms. The van der Waals surface area contributed by atoms with Crippen molar-refractivity contribution in [3.63, 3.8) is 0 Å². The van der Waals surface area contributed by atoms with Crippen LogP contribution < -0.4 is 10.6 Å². The standard InChI is InChI=1S/C15H16N4O2S2/c1-8(2)14-18-19-15(23-14)17-13(21)9-3-4-11-10(7-9)16-12(20)5-6-22-11/h3-4,7-8H,5-6H2,1-2H3,(H,16,20)(H,17,19,21). The van der Waals surface area contributed by atoms with Crippen molar-refractivity contribution in [1.29, 1.82) is 0 Å². The van der Waals surface area contributed by atoms with Crippen LogP contribution in [-0.2, 0) is 4.79 Å². The summed E-state index contributed by atoms with van der Waals surface area (Å²) in [6.07, 6.45) is 0.476. The summed E-state index contributed by atoms with van der Waals surface area (Å²) >= 11 is 2.98. The fourth-order valence-corrected chi connectivity index (χ4v) is 3.73. The lowest BCUT2D eigenvalue weighted by atomic mass is 10.2. The first kappa shape index (κ1) is 15.9. The van der Waals surface area contributed by atoms with Gasteiger partial charge < -0.3 is 5.32 Å². The molecule has 120 valence electrons. The van der Waals surface area contributed by atoms with Crippen LogP contribution in [-0.4, -0.2) is 27.8 Å². The molecule has 8 heteroatoms. The molecule has 23 heavy (non-hydrogen) atoms. The molecule has 0 unspecified atom stereocenters. The number of amides is 2. The maximum atomic E-state index is 12.4. The zero-order valence-corrected chi connectivity index (χ0v) is 14.4. The van der Waals surface area contributed by atoms with E-state index in [1.807, 2.05) is 19.9 Å². The van der Waals surface area contributed by atoms with E-state index in [4.69, 9.17) is 0 Å². The summed E-state index contributed by atoms with van der Waals surface area (Å²) in [5, 5.41) is 15.0. The summed E-state index contributed by atoms with van der Waals surface area (Å²) in [7, 11) is 0. The number of carbonyl (C=O) groups is 2. The summed E-state index contributed by atoms with van der Waals surface area (Å²) in [5.74, 6) is 0.729. The first-order chi connectivity index (χ1) is 11.0. The molecule has 0 saturated heterocycles. The van der Waals surface area contributed by atoms with Gasteiger partial charge in [0.2, 0.25) is 11.0 Å². The van der Waals surface area contributed by atoms with E-state index in [-0.39, 0.29) is 17.7 Å². The monoisotopic (exact) mass is 348 g/mol. The van der Waals surface area contributed by atoms with Gasteiger partial charge in [0.1, 0.15) is 5.01 Å². The van der Waals surface area contributed by atoms with Gasteiger partial charge in [-0.05, 0) is 18.2 Å². The Bertz CT molecular complexity index is 758. The third-order valence-corrected chi connectivity index (χ3v) is 5.47. The average molecular weight is 348 g/mol. The molecule has 6 nitrogen and oxygen atoms in total. The van der Waals surface area contributed by atoms with E-state index in [0.29, 0.717) is 22.8 Å². The predicted molar refractivity (Wildman–Crippen MR) is 92.4 cm³/mol. The summed E-state index contributed by atoms with van der Waals surface area (Å²) in [4.78, 5) is 25.0. The molecule has 1 aliphatic rings. The lowest BCUT2D eigenvalue weighted by molar-refractivity contribution is -0.115. The number of hydrogen-bond acceptors (Lipinski definition) is 6. The Labute approximate surface area is 142 Å². The summed E-state index contributed by atoms with van der Waals surface area (Å²) in [6, 6.07) is 5.31. The zero-order valence-electron chi connectivity index (χ0n) is 12.8. The van der Waals surface area contributed by atoms with Crippen molar-refractivity contribution in [2.75, 3.05) is 16.4 Å². The molecule has 1 aromatic carbocycles. The van der Waals surface area contributed by atoms with E-state index in [2.05, 4.69) is 20.8 Å². The molecule has 1 aromatic heterocycles. The van der Waals surface area contributed by atoms with E-state index < -0.39 is 0 Å². The van der Waals surface area contributed by atoms with E-state index in [1.165, 1.54) is 11.3 Å². The van der Waals surface area contributed by atoms with E-state index >= 15 is 0 Å². The van der Waals surface area contributed by atoms with Gasteiger partial charge in [-0.1, -0.05) is 25.2 Å². The highest BCUT2D eigenvalue weighted by Gasteiger charge is 2.17. The van der Waals surface area contributed by atoms with Gasteiger partial charge in [-0.2, -0.15) is 0 Å². The minimum absolute atomic E-state index is 0.0282. The van der Waals surface area contributed by atoms with Gasteiger partial charge in [0.25, 0.3) is 5.91 Å². The van der Waals surface area contributed by atoms with Crippen molar-refractivity contribution in [3.05, 3.63) is 28.8 Å². The Morgan fingerprint density at radius 1 is 1.35 bits per heavy atom. The van der Waals surface area contributed by atoms with Crippen LogP contribution in [0.2, 0.25) is 0 Å². The number of rotatable bonds is 3. The van der Waals surface area contributed by atoms with Gasteiger partial charge in [-0.25, -0.2) is 0 Å². The minimum Gasteiger partial charge on any atom is -0.325 e. The van der Waals surface area contributed by atoms with Gasteiger partial charge in [-0.15, -0.1) is 22.0 Å². The molecule has 2 aromatic rings. The SMILES string of the molecule is CC(C)c1nnc(NC(=O)c2ccc3c(c2)NC(=O)CCS3)s1. The van der Waals surface area contributed by atoms with Crippen molar-refractivity contribution in [1.82, 2.24) is 10.2 Å². The first-order valence-corrected chi connectivity index (χ1v) is 9.04. The van der Waals surface area contributed by atoms with Crippen LogP contribution in [0.5, 0.6) is 0 Å². The number of nitrogens with zero attached hydrogens (tertiary/aromatic N) is 2. The van der Waals surface area contributed by atoms with Crippen molar-refractivity contribution in [3.8, 4) is 0 Å². The minimum atomic E-state index is -0.261. The highest BCUT2D eigenvalue weighted by atomic mass is 32.2. The number of benzene rings is 1. The molecular formula is C15H16N4O2S2. The third kappa shape index (κ3) is 3.70. The van der Waals surface area contributed by atoms with Crippen LogP contribution in [0, 0.1) is 0 Å². The topological polar surface area (TPSA) is 84.0 Å². The van der Waals surface area contributed by atoms with Crippen LogP contribution >= 0.6 is 23.1 Å². The second-order valence-electron chi connectivity index (χ2n) is 5.41. The predicted octanol–water partition coefficient (Wildman–Crippen LogP) is 3.35. The van der Waals surface area contributed by atoms with Crippen LogP contribution in [0.3, 0.4) is 0 Å². The van der Waals surface area contributed by atoms with E-state index in [1.54, 1.807) is 23.9 Å². The van der Waals surface area contributed by atoms with Crippen LogP contribution in [0.15, 0.2) is 23.1 Å². The smallest absolute Gasteiger partial charge is 0.257 e. The Morgan fingerprint density at radius 3 is 2.91 bits per heavy atom. The molecule has 0 aliphatic carbocycles. The quantitative estimate of drug-likeness (QED) is 0.889. The van der Waals surface area contributed by atoms with Crippen LogP contribution in [0.1, 0.15) is 41.6 Å². The summed E-state index contributed by atoms with van der Waals surface area (Å²) in [6.45, 7) is 4.05. The molecule has 0 atom stereocenters. The van der Waals surface area contributed by atoms with E-state index in [9.17, 15) is 9.59 Å². The lowest BCUT2D eigenvalue weighted by Crippen LogP contribution is -2.14. The van der Waals surface area contributed by atoms with Crippen molar-refractivity contribution < 1.29 is 9.59 Å². The Morgan fingerprint density at radius 2 is 2.17 bits per heavy atom. The van der Waals surface area contributed by atoms with Gasteiger partial charge in [0.15, 0.2) is 0 Å². The van der Waals surface area contributed by atoms with Crippen LogP contribution in [0.4, 0.5) is 10.8 Å². The van der Waals surface area contributed by atoms with Gasteiger partial charge in [0, 0.05) is 28.6 Å². The molecular weight excluding hydrogens is 332 g/mol. The Kier molecular flexibility index (Phi) is 4.63. The van der Waals surface area contributed by atoms with Crippen molar-refractivity contribution >= 4 is 45.7 Å². The Hall–Kier alpha value is -1.93. The number of fused-ring (bicyclic) bond motifs is 1. The number of nitrogens with one attached hydrogen (secondary N) is 2. The lowest BCUT2D eigenvalue weighted by Gasteiger charge is -2.08. The summed E-state index contributed by atoms with van der Waals surface area (Å²) < 4.78 is 0. The fraction of sp³-hybridized carbons (Fsp3) is 0.333. The van der Waals surface area contributed by atoms with Gasteiger partial charge >= 0.3 is 0 Å². The summed E-state index contributed by atoms with van der Waals surface area (Å²) in [5.41, 5.74) is 1.16. The molecule has 0 saturated carbocycles. The highest BCUT2D eigenvalue weighted by Crippen LogP contribution is 2.32. The molecule has 2 heterocycles. The van der Waals surface area contributed by atoms with Crippen molar-refractivity contribution in [2.24, 2.45) is 0 Å². The molecule has 0 bridgehead atoms. The number of carbonyl (C=O) groups excluding carboxylic acids is 2. The fourth-order valence-electron chi connectivity index (χ4n) is 2.05. The maximum Gasteiger partial charge on any atom is 0.257 e. The second-order valence-corrected chi connectivity index (χ2v) is 7.56. The largest absolute Gasteiger partial charge is 0.325 e. The molecule has 3 rings (SSSR count). The van der Waals surface area contributed by atoms with Gasteiger partial charge in [-0.3, -0.25) is 14.9 Å². The molecule has 2 N–H and O–H groups in total. The van der Waals surface area contributed by atoms with E-state index in [0.717, 1.165) is 15.7 Å². The first-order valence-electron chi connectivity index (χ1n) is 7.24. The molecule has 1 aliphatic heterocycles. The van der Waals surface area contributed by atoms with Crippen molar-refractivity contribution in [2.45, 2.75) is 31.1 Å². The highest BCUT2D eigenvalue weighted by molar-refractivity contribution is 7.99. The number of thioether (sulfide) groups is 1. The van der Waals surface area contributed by atoms with Gasteiger partial charge in [0.05, 0.1) is 5.69 Å². The third-order valence-electron chi connectivity index (χ3n) is 3.26. The van der Waals surface area contributed by atoms with Crippen LogP contribution in [0.25, 0.3) is 0 Å². The number of hydrogen-bond donors (Lipinski definition) is 2. The normalized spacial score (nSPS) is 14.1. The Balaban J connectivity index is 1.78. The maximum absolute atomic E-state index is 12.4. The molecule has 0 fully saturated rings. The average Bonchev–Trinajstić information content (AvgIpc) is 2.89. The molecule has 0 radical (unpaired) electrons. The number of aromatic nitrogens is 2.